The Morgan fingerprint density at radius 1 is 1.32 bits per heavy atom. The van der Waals surface area contributed by atoms with Crippen LogP contribution >= 0.6 is 0 Å². The lowest BCUT2D eigenvalue weighted by atomic mass is 10.1. The maximum absolute atomic E-state index is 11.7. The monoisotopic (exact) mass is 263 g/mol. The molecule has 0 radical (unpaired) electrons. The van der Waals surface area contributed by atoms with Crippen molar-refractivity contribution in [2.75, 3.05) is 6.61 Å². The fourth-order valence-electron chi connectivity index (χ4n) is 1.82. The zero-order valence-electron chi connectivity index (χ0n) is 10.6. The van der Waals surface area contributed by atoms with E-state index in [0.717, 1.165) is 0 Å². The van der Waals surface area contributed by atoms with Crippen LogP contribution in [0, 0.1) is 0 Å². The lowest BCUT2D eigenvalue weighted by Crippen LogP contribution is -2.17. The summed E-state index contributed by atoms with van der Waals surface area (Å²) in [6.07, 6.45) is 0. The molecule has 0 saturated carbocycles. The van der Waals surface area contributed by atoms with Gasteiger partial charge in [-0.05, 0) is 32.0 Å². The predicted molar refractivity (Wildman–Crippen MR) is 67.1 cm³/mol. The maximum Gasteiger partial charge on any atom is 0.419 e. The molecule has 0 fully saturated rings. The number of ether oxygens (including phenoxy) is 1. The van der Waals surface area contributed by atoms with E-state index in [2.05, 4.69) is 4.74 Å². The van der Waals surface area contributed by atoms with Crippen LogP contribution in [0.1, 0.15) is 24.2 Å². The summed E-state index contributed by atoms with van der Waals surface area (Å²) in [6, 6.07) is 4.43. The van der Waals surface area contributed by atoms with Gasteiger partial charge in [0.05, 0.1) is 12.1 Å². The van der Waals surface area contributed by atoms with Crippen LogP contribution in [0.15, 0.2) is 27.4 Å². The number of aryl methyl sites for hydroxylation is 1. The molecular formula is C13H13NO5. The molecule has 0 unspecified atom stereocenters. The second-order valence-electron chi connectivity index (χ2n) is 3.84. The van der Waals surface area contributed by atoms with Gasteiger partial charge in [0.2, 0.25) is 0 Å². The van der Waals surface area contributed by atoms with E-state index >= 15 is 0 Å². The Bertz CT molecular complexity index is 695. The van der Waals surface area contributed by atoms with Crippen molar-refractivity contribution in [3.8, 4) is 0 Å². The maximum atomic E-state index is 11.7. The first-order valence-electron chi connectivity index (χ1n) is 5.93. The highest BCUT2D eigenvalue weighted by Crippen LogP contribution is 2.15. The number of nitrogens with zero attached hydrogens (tertiary/aromatic N) is 1. The van der Waals surface area contributed by atoms with Crippen molar-refractivity contribution >= 4 is 22.9 Å². The van der Waals surface area contributed by atoms with Crippen molar-refractivity contribution in [2.45, 2.75) is 20.4 Å². The van der Waals surface area contributed by atoms with E-state index in [4.69, 9.17) is 4.42 Å². The van der Waals surface area contributed by atoms with Gasteiger partial charge in [-0.3, -0.25) is 9.36 Å². The summed E-state index contributed by atoms with van der Waals surface area (Å²) in [4.78, 5) is 34.6. The standard InChI is InChI=1S/C13H13NO5/c1-3-14-9-6-5-8(7-10(9)19-13(14)17)11(15)12(16)18-4-2/h5-7H,3-4H2,1-2H3. The third-order valence-electron chi connectivity index (χ3n) is 2.71. The van der Waals surface area contributed by atoms with Crippen molar-refractivity contribution < 1.29 is 18.7 Å². The SMILES string of the molecule is CCOC(=O)C(=O)c1ccc2c(c1)oc(=O)n2CC. The highest BCUT2D eigenvalue weighted by atomic mass is 16.5. The minimum absolute atomic E-state index is 0.133. The molecular weight excluding hydrogens is 250 g/mol. The van der Waals surface area contributed by atoms with Gasteiger partial charge in [0, 0.05) is 12.1 Å². The Kier molecular flexibility index (Phi) is 3.50. The predicted octanol–water partition coefficient (Wildman–Crippen LogP) is 1.36. The van der Waals surface area contributed by atoms with E-state index in [1.165, 1.54) is 16.7 Å². The molecule has 2 rings (SSSR count). The number of oxazole rings is 1. The molecule has 0 atom stereocenters. The summed E-state index contributed by atoms with van der Waals surface area (Å²) < 4.78 is 11.1. The van der Waals surface area contributed by atoms with Crippen LogP contribution in [0.3, 0.4) is 0 Å². The van der Waals surface area contributed by atoms with Crippen molar-refractivity contribution in [3.05, 3.63) is 34.3 Å². The number of esters is 1. The van der Waals surface area contributed by atoms with Crippen LogP contribution in [0.2, 0.25) is 0 Å². The Balaban J connectivity index is 2.45. The van der Waals surface area contributed by atoms with Gasteiger partial charge in [-0.25, -0.2) is 9.59 Å². The smallest absolute Gasteiger partial charge is 0.419 e. The summed E-state index contributed by atoms with van der Waals surface area (Å²) in [7, 11) is 0. The molecule has 19 heavy (non-hydrogen) atoms. The average Bonchev–Trinajstić information content (AvgIpc) is 2.72. The Hall–Kier alpha value is -2.37. The molecule has 2 aromatic rings. The van der Waals surface area contributed by atoms with E-state index in [-0.39, 0.29) is 17.8 Å². The van der Waals surface area contributed by atoms with Crippen LogP contribution in [0.25, 0.3) is 11.1 Å². The molecule has 0 aliphatic rings. The second-order valence-corrected chi connectivity index (χ2v) is 3.84. The van der Waals surface area contributed by atoms with Gasteiger partial charge in [0.25, 0.3) is 5.78 Å². The number of rotatable bonds is 4. The number of carbonyl (C=O) groups is 2. The minimum Gasteiger partial charge on any atom is -0.460 e. The number of carbonyl (C=O) groups excluding carboxylic acids is 2. The van der Waals surface area contributed by atoms with Crippen LogP contribution in [-0.4, -0.2) is 22.9 Å². The van der Waals surface area contributed by atoms with Gasteiger partial charge >= 0.3 is 11.7 Å². The number of ketones is 1. The quantitative estimate of drug-likeness (QED) is 0.473. The highest BCUT2D eigenvalue weighted by Gasteiger charge is 2.19. The molecule has 0 N–H and O–H groups in total. The molecule has 0 spiro atoms. The molecule has 1 heterocycles. The van der Waals surface area contributed by atoms with E-state index in [9.17, 15) is 14.4 Å². The van der Waals surface area contributed by atoms with Crippen LogP contribution in [0.4, 0.5) is 0 Å². The molecule has 0 saturated heterocycles. The van der Waals surface area contributed by atoms with E-state index in [0.29, 0.717) is 12.1 Å². The van der Waals surface area contributed by atoms with Gasteiger partial charge in [0.1, 0.15) is 0 Å². The van der Waals surface area contributed by atoms with Gasteiger partial charge in [0.15, 0.2) is 5.58 Å². The lowest BCUT2D eigenvalue weighted by Gasteiger charge is -2.01. The fraction of sp³-hybridized carbons (Fsp3) is 0.308. The second kappa shape index (κ2) is 5.09. The molecule has 0 amide bonds. The Morgan fingerprint density at radius 2 is 2.05 bits per heavy atom. The average molecular weight is 263 g/mol. The fourth-order valence-corrected chi connectivity index (χ4v) is 1.82. The molecule has 0 aliphatic carbocycles. The van der Waals surface area contributed by atoms with Crippen LogP contribution in [0.5, 0.6) is 0 Å². The third kappa shape index (κ3) is 2.29. The van der Waals surface area contributed by atoms with Crippen LogP contribution in [-0.2, 0) is 16.1 Å². The van der Waals surface area contributed by atoms with Crippen molar-refractivity contribution in [3.63, 3.8) is 0 Å². The Labute approximate surface area is 108 Å². The molecule has 0 bridgehead atoms. The van der Waals surface area contributed by atoms with Crippen molar-refractivity contribution in [1.29, 1.82) is 0 Å². The zero-order valence-corrected chi connectivity index (χ0v) is 10.6. The van der Waals surface area contributed by atoms with Crippen molar-refractivity contribution in [2.24, 2.45) is 0 Å². The lowest BCUT2D eigenvalue weighted by molar-refractivity contribution is -0.137. The summed E-state index contributed by atoms with van der Waals surface area (Å²) in [5.74, 6) is -2.16. The molecule has 1 aromatic heterocycles. The van der Waals surface area contributed by atoms with E-state index in [1.807, 2.05) is 6.92 Å². The topological polar surface area (TPSA) is 78.5 Å². The van der Waals surface area contributed by atoms with Gasteiger partial charge < -0.3 is 9.15 Å². The first kappa shape index (κ1) is 13.1. The Morgan fingerprint density at radius 3 is 2.68 bits per heavy atom. The molecule has 0 aliphatic heterocycles. The number of aromatic nitrogens is 1. The van der Waals surface area contributed by atoms with E-state index in [1.54, 1.807) is 13.0 Å². The number of Topliss-reactive ketones (excluding diaryl/α,β-unsaturated/α-hetero) is 1. The first-order chi connectivity index (χ1) is 9.08. The van der Waals surface area contributed by atoms with Gasteiger partial charge in [-0.2, -0.15) is 0 Å². The molecule has 100 valence electrons. The molecule has 1 aromatic carbocycles. The summed E-state index contributed by atoms with van der Waals surface area (Å²) in [5.41, 5.74) is 1.01. The zero-order chi connectivity index (χ0) is 14.0. The first-order valence-corrected chi connectivity index (χ1v) is 5.93. The van der Waals surface area contributed by atoms with Gasteiger partial charge in [-0.15, -0.1) is 0 Å². The third-order valence-corrected chi connectivity index (χ3v) is 2.71. The van der Waals surface area contributed by atoms with Gasteiger partial charge in [-0.1, -0.05) is 0 Å². The number of benzene rings is 1. The number of fused-ring (bicyclic) bond motifs is 1. The highest BCUT2D eigenvalue weighted by molar-refractivity contribution is 6.40. The minimum atomic E-state index is -0.917. The molecule has 6 nitrogen and oxygen atoms in total. The normalized spacial score (nSPS) is 10.6. The van der Waals surface area contributed by atoms with Crippen LogP contribution < -0.4 is 5.76 Å². The van der Waals surface area contributed by atoms with E-state index < -0.39 is 17.5 Å². The largest absolute Gasteiger partial charge is 0.460 e. The number of hydrogen-bond acceptors (Lipinski definition) is 5. The summed E-state index contributed by atoms with van der Waals surface area (Å²) >= 11 is 0. The number of hydrogen-bond donors (Lipinski definition) is 0. The summed E-state index contributed by atoms with van der Waals surface area (Å²) in [5, 5.41) is 0. The molecule has 6 heteroatoms. The van der Waals surface area contributed by atoms with Crippen molar-refractivity contribution in [1.82, 2.24) is 4.57 Å². The summed E-state index contributed by atoms with van der Waals surface area (Å²) in [6.45, 7) is 4.04.